The van der Waals surface area contributed by atoms with Gasteiger partial charge in [-0.3, -0.25) is 4.90 Å². The van der Waals surface area contributed by atoms with Gasteiger partial charge in [0.25, 0.3) is 0 Å². The van der Waals surface area contributed by atoms with E-state index in [1.165, 1.54) is 4.90 Å². The van der Waals surface area contributed by atoms with E-state index < -0.39 is 17.5 Å². The van der Waals surface area contributed by atoms with E-state index in [2.05, 4.69) is 28.3 Å². The third-order valence-electron chi connectivity index (χ3n) is 5.37. The van der Waals surface area contributed by atoms with Gasteiger partial charge in [0.1, 0.15) is 11.4 Å². The second kappa shape index (κ2) is 10.4. The van der Waals surface area contributed by atoms with Gasteiger partial charge in [0.2, 0.25) is 0 Å². The van der Waals surface area contributed by atoms with Crippen LogP contribution in [0.3, 0.4) is 0 Å². The average molecular weight is 471 g/mol. The number of halogens is 1. The molecule has 0 atom stereocenters. The summed E-state index contributed by atoms with van der Waals surface area (Å²) in [6.45, 7) is 11.8. The van der Waals surface area contributed by atoms with Gasteiger partial charge in [-0.1, -0.05) is 26.3 Å². The lowest BCUT2D eigenvalue weighted by molar-refractivity contribution is 0.0589. The third-order valence-corrected chi connectivity index (χ3v) is 5.37. The topological polar surface area (TPSA) is 76.6 Å². The van der Waals surface area contributed by atoms with Gasteiger partial charge in [-0.05, 0) is 52.2 Å². The Kier molecular flexibility index (Phi) is 7.79. The fourth-order valence-electron chi connectivity index (χ4n) is 3.75. The monoisotopic (exact) mass is 470 g/mol. The van der Waals surface area contributed by atoms with Crippen LogP contribution in [-0.4, -0.2) is 35.3 Å². The van der Waals surface area contributed by atoms with E-state index >= 15 is 4.39 Å². The van der Waals surface area contributed by atoms with Crippen molar-refractivity contribution in [2.24, 2.45) is 0 Å². The lowest BCUT2D eigenvalue weighted by atomic mass is 9.99. The van der Waals surface area contributed by atoms with Crippen molar-refractivity contribution in [2.75, 3.05) is 23.9 Å². The molecule has 1 aliphatic rings. The van der Waals surface area contributed by atoms with E-state index in [1.807, 2.05) is 34.6 Å². The third kappa shape index (κ3) is 5.85. The summed E-state index contributed by atoms with van der Waals surface area (Å²) in [4.78, 5) is 22.9. The highest BCUT2D eigenvalue weighted by atomic mass is 19.1. The van der Waals surface area contributed by atoms with Crippen molar-refractivity contribution >= 4 is 29.0 Å². The number of nitrogens with zero attached hydrogens (tertiary/aromatic N) is 3. The van der Waals surface area contributed by atoms with Crippen LogP contribution in [0.2, 0.25) is 0 Å². The van der Waals surface area contributed by atoms with Crippen LogP contribution in [0.4, 0.5) is 26.5 Å². The second-order valence-electron chi connectivity index (χ2n) is 9.41. The minimum atomic E-state index is -0.618. The van der Waals surface area contributed by atoms with Crippen LogP contribution < -0.4 is 15.0 Å². The second-order valence-corrected chi connectivity index (χ2v) is 9.41. The standard InChI is InChI=1S/C26H35FN4O3/c1-8-10-11-17(9-2)21-22(27)24(29-19-12-13-33-23(19)21)30-20-15-18(14-16(3)28-20)31(7)25(32)34-26(4,5)6/h11,14-15H,8-10,12-13H2,1-7H3,(H,28,29,30)/b17-11+. The number of nitrogens with one attached hydrogen (secondary N) is 1. The van der Waals surface area contributed by atoms with E-state index in [0.29, 0.717) is 48.0 Å². The summed E-state index contributed by atoms with van der Waals surface area (Å²) in [5.41, 5.74) is 2.73. The number of fused-ring (bicyclic) bond motifs is 1. The number of hydrogen-bond donors (Lipinski definition) is 1. The molecule has 34 heavy (non-hydrogen) atoms. The molecule has 0 aromatic carbocycles. The number of aryl methyl sites for hydroxylation is 1. The minimum Gasteiger partial charge on any atom is -0.491 e. The summed E-state index contributed by atoms with van der Waals surface area (Å²) in [5.74, 6) is 0.557. The Bertz CT molecular complexity index is 1090. The number of hydrogen-bond acceptors (Lipinski definition) is 6. The van der Waals surface area contributed by atoms with Crippen LogP contribution in [0.1, 0.15) is 70.8 Å². The van der Waals surface area contributed by atoms with Gasteiger partial charge in [-0.15, -0.1) is 0 Å². The minimum absolute atomic E-state index is 0.0964. The number of carbonyl (C=O) groups excluding carboxylic acids is 1. The molecule has 0 fully saturated rings. The molecule has 2 aromatic rings. The van der Waals surface area contributed by atoms with Gasteiger partial charge in [0.15, 0.2) is 17.4 Å². The number of anilines is 3. The number of pyridine rings is 2. The highest BCUT2D eigenvalue weighted by Crippen LogP contribution is 2.40. The van der Waals surface area contributed by atoms with Gasteiger partial charge in [0.05, 0.1) is 23.6 Å². The van der Waals surface area contributed by atoms with Gasteiger partial charge in [-0.2, -0.15) is 0 Å². The molecule has 0 aliphatic carbocycles. The van der Waals surface area contributed by atoms with E-state index in [-0.39, 0.29) is 5.82 Å². The maximum atomic E-state index is 15.8. The molecule has 3 heterocycles. The van der Waals surface area contributed by atoms with Crippen molar-refractivity contribution in [2.45, 2.75) is 72.8 Å². The van der Waals surface area contributed by atoms with Crippen molar-refractivity contribution in [3.8, 4) is 5.75 Å². The van der Waals surface area contributed by atoms with Crippen molar-refractivity contribution in [1.29, 1.82) is 0 Å². The van der Waals surface area contributed by atoms with Crippen LogP contribution in [0.15, 0.2) is 18.2 Å². The number of allylic oxidation sites excluding steroid dienone is 2. The molecule has 7 nitrogen and oxygen atoms in total. The Labute approximate surface area is 201 Å². The summed E-state index contributed by atoms with van der Waals surface area (Å²) in [6.07, 6.45) is 4.73. The molecular weight excluding hydrogens is 435 g/mol. The molecule has 0 radical (unpaired) electrons. The van der Waals surface area contributed by atoms with E-state index in [9.17, 15) is 4.79 Å². The molecule has 2 aromatic heterocycles. The summed E-state index contributed by atoms with van der Waals surface area (Å²) < 4.78 is 27.0. The predicted octanol–water partition coefficient (Wildman–Crippen LogP) is 6.57. The maximum absolute atomic E-state index is 15.8. The molecule has 1 amide bonds. The first kappa shape index (κ1) is 25.5. The number of rotatable bonds is 7. The molecule has 1 aliphatic heterocycles. The maximum Gasteiger partial charge on any atom is 0.414 e. The first-order chi connectivity index (χ1) is 16.0. The molecule has 0 spiro atoms. The zero-order chi connectivity index (χ0) is 25.0. The Morgan fingerprint density at radius 2 is 2.03 bits per heavy atom. The lowest BCUT2D eigenvalue weighted by Crippen LogP contribution is -2.34. The lowest BCUT2D eigenvalue weighted by Gasteiger charge is -2.25. The Hall–Kier alpha value is -3.16. The van der Waals surface area contributed by atoms with Gasteiger partial charge >= 0.3 is 6.09 Å². The van der Waals surface area contributed by atoms with Crippen LogP contribution in [0.25, 0.3) is 5.57 Å². The molecular formula is C26H35FN4O3. The van der Waals surface area contributed by atoms with Crippen molar-refractivity contribution < 1.29 is 18.7 Å². The zero-order valence-corrected chi connectivity index (χ0v) is 21.2. The number of unbranched alkanes of at least 4 members (excludes halogenated alkanes) is 1. The van der Waals surface area contributed by atoms with E-state index in [1.54, 1.807) is 19.2 Å². The Balaban J connectivity index is 1.99. The van der Waals surface area contributed by atoms with E-state index in [0.717, 1.165) is 24.1 Å². The SMILES string of the molecule is CCC/C=C(\CC)c1c(F)c(Nc2cc(N(C)C(=O)OC(C)(C)C)cc(C)n2)nc2c1OCC2. The highest BCUT2D eigenvalue weighted by molar-refractivity contribution is 5.88. The van der Waals surface area contributed by atoms with Gasteiger partial charge in [-0.25, -0.2) is 19.2 Å². The van der Waals surface area contributed by atoms with Gasteiger partial charge < -0.3 is 14.8 Å². The molecule has 0 bridgehead atoms. The predicted molar refractivity (Wildman–Crippen MR) is 133 cm³/mol. The average Bonchev–Trinajstić information content (AvgIpc) is 3.21. The summed E-state index contributed by atoms with van der Waals surface area (Å²) >= 11 is 0. The van der Waals surface area contributed by atoms with E-state index in [4.69, 9.17) is 9.47 Å². The zero-order valence-electron chi connectivity index (χ0n) is 21.2. The first-order valence-electron chi connectivity index (χ1n) is 11.8. The molecule has 184 valence electrons. The van der Waals surface area contributed by atoms with Crippen LogP contribution in [-0.2, 0) is 11.2 Å². The Morgan fingerprint density at radius 3 is 2.68 bits per heavy atom. The highest BCUT2D eigenvalue weighted by Gasteiger charge is 2.27. The van der Waals surface area contributed by atoms with Crippen molar-refractivity contribution in [1.82, 2.24) is 9.97 Å². The largest absolute Gasteiger partial charge is 0.491 e. The van der Waals surface area contributed by atoms with Crippen molar-refractivity contribution in [3.05, 3.63) is 41.0 Å². The number of amides is 1. The summed E-state index contributed by atoms with van der Waals surface area (Å²) in [7, 11) is 1.63. The number of carbonyl (C=O) groups is 1. The fourth-order valence-corrected chi connectivity index (χ4v) is 3.75. The molecule has 0 saturated carbocycles. The normalized spacial score (nSPS) is 13.4. The molecule has 3 rings (SSSR count). The smallest absolute Gasteiger partial charge is 0.414 e. The number of ether oxygens (including phenoxy) is 2. The summed E-state index contributed by atoms with van der Waals surface area (Å²) in [5, 5.41) is 3.04. The van der Waals surface area contributed by atoms with Crippen molar-refractivity contribution in [3.63, 3.8) is 0 Å². The molecule has 0 unspecified atom stereocenters. The van der Waals surface area contributed by atoms with Crippen LogP contribution in [0.5, 0.6) is 5.75 Å². The summed E-state index contributed by atoms with van der Waals surface area (Å²) in [6, 6.07) is 3.44. The van der Waals surface area contributed by atoms with Gasteiger partial charge in [0, 0.05) is 25.2 Å². The first-order valence-corrected chi connectivity index (χ1v) is 11.8. The van der Waals surface area contributed by atoms with Crippen LogP contribution >= 0.6 is 0 Å². The molecule has 1 N–H and O–H groups in total. The quantitative estimate of drug-likeness (QED) is 0.493. The fraction of sp³-hybridized carbons (Fsp3) is 0.500. The Morgan fingerprint density at radius 1 is 1.29 bits per heavy atom. The molecule has 8 heteroatoms. The van der Waals surface area contributed by atoms with Crippen LogP contribution in [0, 0.1) is 12.7 Å². The molecule has 0 saturated heterocycles. The number of aromatic nitrogens is 2.